The van der Waals surface area contributed by atoms with Crippen LogP contribution in [-0.4, -0.2) is 6.04 Å². The summed E-state index contributed by atoms with van der Waals surface area (Å²) in [6.07, 6.45) is 0.972. The van der Waals surface area contributed by atoms with Gasteiger partial charge in [-0.25, -0.2) is 0 Å². The number of hydrogen-bond donors (Lipinski definition) is 0. The molecule has 36 valence electrons. The van der Waals surface area contributed by atoms with E-state index in [4.69, 9.17) is 5.73 Å². The first kappa shape index (κ1) is 9.84. The van der Waals surface area contributed by atoms with Gasteiger partial charge in [0.25, 0.3) is 0 Å². The van der Waals surface area contributed by atoms with Gasteiger partial charge in [-0.15, -0.1) is 6.04 Å². The third-order valence-electron chi connectivity index (χ3n) is 0.612. The van der Waals surface area contributed by atoms with Crippen LogP contribution >= 0.6 is 0 Å². The third-order valence-corrected chi connectivity index (χ3v) is 0.612. The van der Waals surface area contributed by atoms with Crippen molar-refractivity contribution in [3.05, 3.63) is 5.73 Å². The molecular weight excluding hydrogens is 110 g/mol. The van der Waals surface area contributed by atoms with Crippen LogP contribution in [0.4, 0.5) is 0 Å². The van der Waals surface area contributed by atoms with Crippen LogP contribution in [0.15, 0.2) is 0 Å². The molecule has 1 nitrogen and oxygen atoms in total. The van der Waals surface area contributed by atoms with Crippen LogP contribution in [0, 0.1) is 0 Å². The van der Waals surface area contributed by atoms with Gasteiger partial charge in [0.15, 0.2) is 0 Å². The van der Waals surface area contributed by atoms with Crippen molar-refractivity contribution < 1.29 is 21.7 Å². The minimum Gasteiger partial charge on any atom is -0.675 e. The van der Waals surface area contributed by atoms with Crippen molar-refractivity contribution >= 4 is 0 Å². The molecule has 0 amide bonds. The molecule has 0 bridgehead atoms. The van der Waals surface area contributed by atoms with Gasteiger partial charge in [-0.1, -0.05) is 20.3 Å². The van der Waals surface area contributed by atoms with Gasteiger partial charge in [-0.05, 0) is 0 Å². The molecule has 0 heterocycles. The Hall–Kier alpha value is 0.674. The Bertz CT molecular complexity index is 21.5. The van der Waals surface area contributed by atoms with E-state index in [0.717, 1.165) is 6.42 Å². The quantitative estimate of drug-likeness (QED) is 0.471. The average molecular weight is 120 g/mol. The molecular formula is C4H10NTi-. The fourth-order valence-corrected chi connectivity index (χ4v) is 0. The fraction of sp³-hybridized carbons (Fsp3) is 1.00. The summed E-state index contributed by atoms with van der Waals surface area (Å²) in [7, 11) is 0. The molecule has 0 saturated carbocycles. The van der Waals surface area contributed by atoms with Gasteiger partial charge in [0.1, 0.15) is 0 Å². The van der Waals surface area contributed by atoms with E-state index >= 15 is 0 Å². The Morgan fingerprint density at radius 3 is 1.83 bits per heavy atom. The molecule has 0 radical (unpaired) electrons. The molecule has 1 unspecified atom stereocenters. The van der Waals surface area contributed by atoms with E-state index < -0.39 is 0 Å². The number of hydrogen-bond acceptors (Lipinski definition) is 0. The van der Waals surface area contributed by atoms with E-state index in [2.05, 4.69) is 0 Å². The van der Waals surface area contributed by atoms with E-state index in [-0.39, 0.29) is 27.8 Å². The molecule has 0 aliphatic rings. The van der Waals surface area contributed by atoms with Gasteiger partial charge >= 0.3 is 0 Å². The fourth-order valence-electron chi connectivity index (χ4n) is 0. The van der Waals surface area contributed by atoms with Crippen molar-refractivity contribution in [1.29, 1.82) is 0 Å². The Morgan fingerprint density at radius 2 is 1.83 bits per heavy atom. The van der Waals surface area contributed by atoms with Crippen LogP contribution in [0.25, 0.3) is 5.73 Å². The standard InChI is InChI=1S/C4H10N.Ti/c1-3-4(2)5;/h4-5H,3H2,1-2H3;/q-1;. The summed E-state index contributed by atoms with van der Waals surface area (Å²) in [5.74, 6) is 0. The van der Waals surface area contributed by atoms with Gasteiger partial charge in [0.05, 0.1) is 0 Å². The summed E-state index contributed by atoms with van der Waals surface area (Å²) in [6.45, 7) is 3.90. The summed E-state index contributed by atoms with van der Waals surface area (Å²) in [6, 6.07) is 0.134. The summed E-state index contributed by atoms with van der Waals surface area (Å²) in [4.78, 5) is 0. The number of nitrogens with one attached hydrogen (secondary N) is 1. The minimum absolute atomic E-state index is 0. The second kappa shape index (κ2) is 5.67. The van der Waals surface area contributed by atoms with Gasteiger partial charge < -0.3 is 5.73 Å². The summed E-state index contributed by atoms with van der Waals surface area (Å²) < 4.78 is 0. The molecule has 1 N–H and O–H groups in total. The normalized spacial score (nSPS) is 12.5. The molecule has 0 aromatic rings. The van der Waals surface area contributed by atoms with Gasteiger partial charge in [0.2, 0.25) is 0 Å². The topological polar surface area (TPSA) is 23.8 Å². The Labute approximate surface area is 54.2 Å². The van der Waals surface area contributed by atoms with Crippen molar-refractivity contribution in [2.24, 2.45) is 0 Å². The molecule has 0 aliphatic carbocycles. The molecule has 0 fully saturated rings. The zero-order valence-corrected chi connectivity index (χ0v) is 5.85. The van der Waals surface area contributed by atoms with Crippen LogP contribution in [0.3, 0.4) is 0 Å². The van der Waals surface area contributed by atoms with Crippen molar-refractivity contribution in [3.8, 4) is 0 Å². The van der Waals surface area contributed by atoms with Gasteiger partial charge in [0, 0.05) is 21.7 Å². The van der Waals surface area contributed by atoms with Crippen LogP contribution < -0.4 is 0 Å². The van der Waals surface area contributed by atoms with E-state index in [1.165, 1.54) is 0 Å². The Kier molecular flexibility index (Phi) is 9.30. The Balaban J connectivity index is 0. The van der Waals surface area contributed by atoms with E-state index in [0.29, 0.717) is 0 Å². The molecule has 6 heavy (non-hydrogen) atoms. The van der Waals surface area contributed by atoms with E-state index in [1.54, 1.807) is 0 Å². The van der Waals surface area contributed by atoms with Crippen LogP contribution in [0.1, 0.15) is 20.3 Å². The molecule has 2 heteroatoms. The molecule has 0 aromatic carbocycles. The summed E-state index contributed by atoms with van der Waals surface area (Å²) in [5, 5.41) is 0. The largest absolute Gasteiger partial charge is 0.675 e. The maximum Gasteiger partial charge on any atom is 0 e. The zero-order valence-electron chi connectivity index (χ0n) is 4.28. The van der Waals surface area contributed by atoms with Gasteiger partial charge in [-0.2, -0.15) is 0 Å². The second-order valence-electron chi connectivity index (χ2n) is 1.31. The predicted octanol–water partition coefficient (Wildman–Crippen LogP) is 1.83. The minimum atomic E-state index is 0. The summed E-state index contributed by atoms with van der Waals surface area (Å²) >= 11 is 0. The molecule has 0 saturated heterocycles. The van der Waals surface area contributed by atoms with Crippen molar-refractivity contribution in [3.63, 3.8) is 0 Å². The average Bonchev–Trinajstić information content (AvgIpc) is 1.38. The van der Waals surface area contributed by atoms with Crippen LogP contribution in [-0.2, 0) is 21.7 Å². The maximum atomic E-state index is 6.83. The second-order valence-corrected chi connectivity index (χ2v) is 1.31. The van der Waals surface area contributed by atoms with Crippen LogP contribution in [0.5, 0.6) is 0 Å². The first-order valence-corrected chi connectivity index (χ1v) is 1.98. The van der Waals surface area contributed by atoms with E-state index in [1.807, 2.05) is 13.8 Å². The Morgan fingerprint density at radius 1 is 1.67 bits per heavy atom. The molecule has 0 aromatic heterocycles. The van der Waals surface area contributed by atoms with Gasteiger partial charge in [-0.3, -0.25) is 0 Å². The molecule has 1 atom stereocenters. The summed E-state index contributed by atoms with van der Waals surface area (Å²) in [5.41, 5.74) is 6.83. The van der Waals surface area contributed by atoms with Crippen molar-refractivity contribution in [2.75, 3.05) is 0 Å². The zero-order chi connectivity index (χ0) is 4.28. The monoisotopic (exact) mass is 120 g/mol. The molecule has 0 spiro atoms. The van der Waals surface area contributed by atoms with Crippen molar-refractivity contribution in [2.45, 2.75) is 26.3 Å². The molecule has 0 aliphatic heterocycles. The number of rotatable bonds is 1. The van der Waals surface area contributed by atoms with Crippen LogP contribution in [0.2, 0.25) is 0 Å². The smallest absolute Gasteiger partial charge is 0 e. The third kappa shape index (κ3) is 8.82. The maximum absolute atomic E-state index is 6.83. The first-order valence-electron chi connectivity index (χ1n) is 1.98. The first-order chi connectivity index (χ1) is 2.27. The van der Waals surface area contributed by atoms with Crippen molar-refractivity contribution in [1.82, 2.24) is 0 Å². The van der Waals surface area contributed by atoms with E-state index in [9.17, 15) is 0 Å². The SMILES string of the molecule is CCC(C)[NH-].[Ti]. The predicted molar refractivity (Wildman–Crippen MR) is 24.1 cm³/mol. The molecule has 0 rings (SSSR count).